The first-order chi connectivity index (χ1) is 8.77. The SMILES string of the molecule is O=c1cc(O)c2cccnc2n1-c1cnccn1. The van der Waals surface area contributed by atoms with Gasteiger partial charge in [-0.2, -0.15) is 0 Å². The van der Waals surface area contributed by atoms with E-state index in [-0.39, 0.29) is 5.75 Å². The molecule has 88 valence electrons. The number of rotatable bonds is 1. The summed E-state index contributed by atoms with van der Waals surface area (Å²) in [5, 5.41) is 10.2. The zero-order chi connectivity index (χ0) is 12.5. The minimum absolute atomic E-state index is 0.0942. The Kier molecular flexibility index (Phi) is 2.26. The number of fused-ring (bicyclic) bond motifs is 1. The minimum Gasteiger partial charge on any atom is -0.507 e. The van der Waals surface area contributed by atoms with Gasteiger partial charge in [-0.3, -0.25) is 9.78 Å². The third-order valence-corrected chi connectivity index (χ3v) is 2.53. The van der Waals surface area contributed by atoms with E-state index >= 15 is 0 Å². The maximum absolute atomic E-state index is 11.9. The van der Waals surface area contributed by atoms with Crippen LogP contribution < -0.4 is 5.56 Å². The van der Waals surface area contributed by atoms with Gasteiger partial charge in [0.25, 0.3) is 5.56 Å². The smallest absolute Gasteiger partial charge is 0.261 e. The molecule has 0 amide bonds. The van der Waals surface area contributed by atoms with Gasteiger partial charge in [-0.1, -0.05) is 0 Å². The quantitative estimate of drug-likeness (QED) is 0.683. The first-order valence-electron chi connectivity index (χ1n) is 5.23. The Labute approximate surface area is 101 Å². The van der Waals surface area contributed by atoms with Crippen LogP contribution in [0.3, 0.4) is 0 Å². The zero-order valence-corrected chi connectivity index (χ0v) is 9.19. The van der Waals surface area contributed by atoms with E-state index in [2.05, 4.69) is 15.0 Å². The highest BCUT2D eigenvalue weighted by Gasteiger charge is 2.11. The average molecular weight is 240 g/mol. The van der Waals surface area contributed by atoms with E-state index in [1.807, 2.05) is 0 Å². The average Bonchev–Trinajstić information content (AvgIpc) is 2.40. The molecule has 0 aliphatic carbocycles. The van der Waals surface area contributed by atoms with Crippen LogP contribution in [-0.4, -0.2) is 24.6 Å². The van der Waals surface area contributed by atoms with Gasteiger partial charge in [-0.15, -0.1) is 0 Å². The van der Waals surface area contributed by atoms with Crippen LogP contribution in [0.4, 0.5) is 0 Å². The highest BCUT2D eigenvalue weighted by Crippen LogP contribution is 2.21. The largest absolute Gasteiger partial charge is 0.507 e. The van der Waals surface area contributed by atoms with Crippen molar-refractivity contribution in [3.63, 3.8) is 0 Å². The van der Waals surface area contributed by atoms with Gasteiger partial charge in [0.15, 0.2) is 11.5 Å². The Morgan fingerprint density at radius 2 is 2.06 bits per heavy atom. The molecule has 0 aromatic carbocycles. The molecule has 0 spiro atoms. The normalized spacial score (nSPS) is 10.7. The van der Waals surface area contributed by atoms with Gasteiger partial charge in [0, 0.05) is 24.7 Å². The van der Waals surface area contributed by atoms with Gasteiger partial charge in [0.1, 0.15) is 5.75 Å². The van der Waals surface area contributed by atoms with Crippen molar-refractivity contribution in [2.75, 3.05) is 0 Å². The van der Waals surface area contributed by atoms with E-state index in [9.17, 15) is 9.90 Å². The summed E-state index contributed by atoms with van der Waals surface area (Å²) >= 11 is 0. The lowest BCUT2D eigenvalue weighted by Crippen LogP contribution is -2.19. The third-order valence-electron chi connectivity index (χ3n) is 2.53. The molecule has 0 saturated carbocycles. The Hall–Kier alpha value is -2.76. The molecule has 3 rings (SSSR count). The lowest BCUT2D eigenvalue weighted by molar-refractivity contribution is 0.479. The number of nitrogens with zero attached hydrogens (tertiary/aromatic N) is 4. The Balaban J connectivity index is 2.46. The van der Waals surface area contributed by atoms with Crippen LogP contribution in [-0.2, 0) is 0 Å². The maximum Gasteiger partial charge on any atom is 0.261 e. The van der Waals surface area contributed by atoms with Gasteiger partial charge in [0.2, 0.25) is 0 Å². The summed E-state index contributed by atoms with van der Waals surface area (Å²) < 4.78 is 1.31. The van der Waals surface area contributed by atoms with Crippen LogP contribution >= 0.6 is 0 Å². The molecule has 6 nitrogen and oxygen atoms in total. The van der Waals surface area contributed by atoms with Crippen LogP contribution in [0.1, 0.15) is 0 Å². The van der Waals surface area contributed by atoms with Crippen molar-refractivity contribution >= 4 is 11.0 Å². The van der Waals surface area contributed by atoms with Crippen LogP contribution in [0.2, 0.25) is 0 Å². The van der Waals surface area contributed by atoms with E-state index in [0.29, 0.717) is 16.9 Å². The molecule has 1 N–H and O–H groups in total. The lowest BCUT2D eigenvalue weighted by atomic mass is 10.2. The lowest BCUT2D eigenvalue weighted by Gasteiger charge is -2.08. The van der Waals surface area contributed by atoms with Gasteiger partial charge in [0.05, 0.1) is 11.6 Å². The van der Waals surface area contributed by atoms with Crippen molar-refractivity contribution in [2.45, 2.75) is 0 Å². The number of aromatic hydroxyl groups is 1. The summed E-state index contributed by atoms with van der Waals surface area (Å²) in [7, 11) is 0. The molecule has 0 saturated heterocycles. The molecule has 3 aromatic rings. The molecule has 3 aromatic heterocycles. The summed E-state index contributed by atoms with van der Waals surface area (Å²) in [4.78, 5) is 24.1. The molecule has 0 radical (unpaired) electrons. The predicted molar refractivity (Wildman–Crippen MR) is 64.6 cm³/mol. The van der Waals surface area contributed by atoms with Crippen molar-refractivity contribution in [1.29, 1.82) is 0 Å². The summed E-state index contributed by atoms with van der Waals surface area (Å²) in [6, 6.07) is 4.51. The third kappa shape index (κ3) is 1.51. The molecule has 18 heavy (non-hydrogen) atoms. The Morgan fingerprint density at radius 1 is 1.17 bits per heavy atom. The molecular weight excluding hydrogens is 232 g/mol. The number of pyridine rings is 2. The highest BCUT2D eigenvalue weighted by molar-refractivity contribution is 5.82. The molecule has 0 bridgehead atoms. The molecule has 0 unspecified atom stereocenters. The highest BCUT2D eigenvalue weighted by atomic mass is 16.3. The summed E-state index contributed by atoms with van der Waals surface area (Å²) in [5.74, 6) is 0.273. The monoisotopic (exact) mass is 240 g/mol. The van der Waals surface area contributed by atoms with Crippen molar-refractivity contribution in [2.24, 2.45) is 0 Å². The second kappa shape index (κ2) is 3.92. The summed E-state index contributed by atoms with van der Waals surface area (Å²) in [6.45, 7) is 0. The van der Waals surface area contributed by atoms with Gasteiger partial charge >= 0.3 is 0 Å². The van der Waals surface area contributed by atoms with Crippen LogP contribution in [0.15, 0.2) is 47.8 Å². The Bertz CT molecular complexity index is 768. The first-order valence-corrected chi connectivity index (χ1v) is 5.23. The maximum atomic E-state index is 11.9. The second-order valence-corrected chi connectivity index (χ2v) is 3.64. The number of hydrogen-bond donors (Lipinski definition) is 1. The molecule has 0 aliphatic rings. The van der Waals surface area contributed by atoms with Crippen molar-refractivity contribution < 1.29 is 5.11 Å². The van der Waals surface area contributed by atoms with E-state index in [1.165, 1.54) is 23.2 Å². The van der Waals surface area contributed by atoms with Crippen LogP contribution in [0.25, 0.3) is 16.9 Å². The molecular formula is C12H8N4O2. The summed E-state index contributed by atoms with van der Waals surface area (Å²) in [5.41, 5.74) is -0.0535. The fourth-order valence-corrected chi connectivity index (χ4v) is 1.77. The van der Waals surface area contributed by atoms with Crippen LogP contribution in [0, 0.1) is 0 Å². The van der Waals surface area contributed by atoms with E-state index in [4.69, 9.17) is 0 Å². The van der Waals surface area contributed by atoms with Crippen LogP contribution in [0.5, 0.6) is 5.75 Å². The van der Waals surface area contributed by atoms with Crippen molar-refractivity contribution in [1.82, 2.24) is 19.5 Å². The molecule has 0 atom stereocenters. The fraction of sp³-hybridized carbons (Fsp3) is 0. The molecule has 0 aliphatic heterocycles. The van der Waals surface area contributed by atoms with E-state index in [0.717, 1.165) is 6.07 Å². The molecule has 0 fully saturated rings. The van der Waals surface area contributed by atoms with E-state index in [1.54, 1.807) is 18.3 Å². The molecule has 6 heteroatoms. The predicted octanol–water partition coefficient (Wildman–Crippen LogP) is 0.881. The number of hydrogen-bond acceptors (Lipinski definition) is 5. The number of aromatic nitrogens is 4. The Morgan fingerprint density at radius 3 is 2.83 bits per heavy atom. The minimum atomic E-state index is -0.404. The van der Waals surface area contributed by atoms with Crippen molar-refractivity contribution in [3.8, 4) is 11.6 Å². The van der Waals surface area contributed by atoms with E-state index < -0.39 is 5.56 Å². The summed E-state index contributed by atoms with van der Waals surface area (Å²) in [6.07, 6.45) is 6.02. The first kappa shape index (κ1) is 10.4. The topological polar surface area (TPSA) is 80.9 Å². The van der Waals surface area contributed by atoms with Gasteiger partial charge in [-0.05, 0) is 12.1 Å². The standard InChI is InChI=1S/C12H8N4O2/c17-9-6-11(18)16(10-7-13-4-5-14-10)12-8(9)2-1-3-15-12/h1-7,17H. The molecule has 3 heterocycles. The zero-order valence-electron chi connectivity index (χ0n) is 9.19. The second-order valence-electron chi connectivity index (χ2n) is 3.64. The fourth-order valence-electron chi connectivity index (χ4n) is 1.77. The van der Waals surface area contributed by atoms with Gasteiger partial charge in [-0.25, -0.2) is 14.5 Å². The van der Waals surface area contributed by atoms with Crippen molar-refractivity contribution in [3.05, 3.63) is 53.3 Å². The van der Waals surface area contributed by atoms with Gasteiger partial charge < -0.3 is 5.11 Å².